The number of benzene rings is 2. The van der Waals surface area contributed by atoms with Crippen molar-refractivity contribution in [3.63, 3.8) is 0 Å². The second kappa shape index (κ2) is 8.60. The fourth-order valence-corrected chi connectivity index (χ4v) is 4.47. The molecular weight excluding hydrogens is 386 g/mol. The summed E-state index contributed by atoms with van der Waals surface area (Å²) >= 11 is 6.59. The van der Waals surface area contributed by atoms with Gasteiger partial charge in [0.2, 0.25) is 0 Å². The molecule has 0 atom stereocenters. The highest BCUT2D eigenvalue weighted by molar-refractivity contribution is 6.31. The van der Waals surface area contributed by atoms with Crippen molar-refractivity contribution >= 4 is 28.5 Å². The van der Waals surface area contributed by atoms with E-state index in [0.29, 0.717) is 24.7 Å². The van der Waals surface area contributed by atoms with Gasteiger partial charge in [0.25, 0.3) is 0 Å². The maximum Gasteiger partial charge on any atom is 0.335 e. The summed E-state index contributed by atoms with van der Waals surface area (Å²) in [6, 6.07) is 11.3. The van der Waals surface area contributed by atoms with Gasteiger partial charge in [-0.2, -0.15) is 0 Å². The number of hydrogen-bond acceptors (Lipinski definition) is 2. The molecule has 1 saturated carbocycles. The first-order valence-electron chi connectivity index (χ1n) is 10.2. The third-order valence-corrected chi connectivity index (χ3v) is 6.24. The van der Waals surface area contributed by atoms with Crippen LogP contribution in [0.25, 0.3) is 10.9 Å². The molecule has 152 valence electrons. The molecule has 1 aliphatic carbocycles. The molecule has 5 heteroatoms. The van der Waals surface area contributed by atoms with E-state index in [-0.39, 0.29) is 0 Å². The molecule has 0 amide bonds. The van der Waals surface area contributed by atoms with Gasteiger partial charge < -0.3 is 14.8 Å². The molecule has 0 aliphatic heterocycles. The van der Waals surface area contributed by atoms with Crippen molar-refractivity contribution in [1.29, 1.82) is 0 Å². The zero-order chi connectivity index (χ0) is 20.4. The Bertz CT molecular complexity index is 1030. The van der Waals surface area contributed by atoms with Gasteiger partial charge in [-0.15, -0.1) is 0 Å². The van der Waals surface area contributed by atoms with Crippen molar-refractivity contribution in [2.45, 2.75) is 58.2 Å². The molecule has 1 aromatic heterocycles. The second-order valence-corrected chi connectivity index (χ2v) is 8.37. The molecule has 29 heavy (non-hydrogen) atoms. The predicted octanol–water partition coefficient (Wildman–Crippen LogP) is 6.27. The van der Waals surface area contributed by atoms with Crippen molar-refractivity contribution in [2.75, 3.05) is 0 Å². The van der Waals surface area contributed by atoms with E-state index >= 15 is 0 Å². The Kier molecular flexibility index (Phi) is 5.93. The zero-order valence-electron chi connectivity index (χ0n) is 16.6. The number of aromatic amines is 1. The zero-order valence-corrected chi connectivity index (χ0v) is 17.4. The summed E-state index contributed by atoms with van der Waals surface area (Å²) in [5.74, 6) is -0.919. The van der Waals surface area contributed by atoms with Crippen molar-refractivity contribution in [3.8, 4) is 0 Å². The fourth-order valence-electron chi connectivity index (χ4n) is 4.20. The molecule has 4 nitrogen and oxygen atoms in total. The van der Waals surface area contributed by atoms with Crippen molar-refractivity contribution in [3.05, 3.63) is 69.4 Å². The van der Waals surface area contributed by atoms with E-state index in [9.17, 15) is 9.90 Å². The SMILES string of the molecule is Cc1[nH]c2ccc(C(=O)O)cc2c1Cc1ccc(COC2CCCCC2)cc1Cl. The Labute approximate surface area is 175 Å². The van der Waals surface area contributed by atoms with E-state index in [0.717, 1.165) is 51.2 Å². The lowest BCUT2D eigenvalue weighted by Crippen LogP contribution is -2.16. The lowest BCUT2D eigenvalue weighted by atomic mass is 9.97. The number of carboxylic acids is 1. The van der Waals surface area contributed by atoms with Crippen LogP contribution in [0.4, 0.5) is 0 Å². The number of hydrogen-bond donors (Lipinski definition) is 2. The van der Waals surface area contributed by atoms with E-state index in [1.807, 2.05) is 19.1 Å². The number of H-pyrrole nitrogens is 1. The van der Waals surface area contributed by atoms with Gasteiger partial charge in [-0.25, -0.2) is 4.79 Å². The van der Waals surface area contributed by atoms with Gasteiger partial charge in [0, 0.05) is 28.0 Å². The van der Waals surface area contributed by atoms with Crippen LogP contribution >= 0.6 is 11.6 Å². The number of fused-ring (bicyclic) bond motifs is 1. The van der Waals surface area contributed by atoms with Crippen LogP contribution in [-0.4, -0.2) is 22.2 Å². The minimum absolute atomic E-state index is 0.291. The third kappa shape index (κ3) is 4.49. The van der Waals surface area contributed by atoms with Crippen LogP contribution in [0.2, 0.25) is 5.02 Å². The predicted molar refractivity (Wildman–Crippen MR) is 116 cm³/mol. The van der Waals surface area contributed by atoms with Crippen LogP contribution in [0, 0.1) is 6.92 Å². The molecular formula is C24H26ClNO3. The average molecular weight is 412 g/mol. The van der Waals surface area contributed by atoms with Gasteiger partial charge in [0.05, 0.1) is 18.3 Å². The molecule has 1 heterocycles. The molecule has 2 N–H and O–H groups in total. The molecule has 0 saturated heterocycles. The second-order valence-electron chi connectivity index (χ2n) is 7.97. The first kappa shape index (κ1) is 20.0. The van der Waals surface area contributed by atoms with Crippen LogP contribution in [0.3, 0.4) is 0 Å². The smallest absolute Gasteiger partial charge is 0.335 e. The number of aromatic nitrogens is 1. The Balaban J connectivity index is 1.52. The molecule has 0 radical (unpaired) electrons. The van der Waals surface area contributed by atoms with Crippen LogP contribution in [0.5, 0.6) is 0 Å². The number of rotatable bonds is 6. The highest BCUT2D eigenvalue weighted by atomic mass is 35.5. The Hall–Kier alpha value is -2.30. The maximum absolute atomic E-state index is 11.3. The molecule has 0 unspecified atom stereocenters. The topological polar surface area (TPSA) is 62.3 Å². The Morgan fingerprint density at radius 3 is 2.69 bits per heavy atom. The first-order chi connectivity index (χ1) is 14.0. The van der Waals surface area contributed by atoms with Gasteiger partial charge >= 0.3 is 5.97 Å². The lowest BCUT2D eigenvalue weighted by molar-refractivity contribution is 0.0169. The van der Waals surface area contributed by atoms with Crippen LogP contribution in [0.15, 0.2) is 36.4 Å². The number of carbonyl (C=O) groups is 1. The number of ether oxygens (including phenoxy) is 1. The van der Waals surface area contributed by atoms with E-state index in [4.69, 9.17) is 16.3 Å². The average Bonchev–Trinajstić information content (AvgIpc) is 3.03. The van der Waals surface area contributed by atoms with Crippen molar-refractivity contribution in [2.24, 2.45) is 0 Å². The monoisotopic (exact) mass is 411 g/mol. The highest BCUT2D eigenvalue weighted by Gasteiger charge is 2.15. The minimum atomic E-state index is -0.919. The normalized spacial score (nSPS) is 15.1. The molecule has 0 spiro atoms. The Morgan fingerprint density at radius 2 is 1.97 bits per heavy atom. The molecule has 2 aromatic carbocycles. The van der Waals surface area contributed by atoms with E-state index in [2.05, 4.69) is 17.1 Å². The standard InChI is InChI=1S/C24H26ClNO3/c1-15-20(21-13-18(24(27)28)9-10-23(21)26-15)12-17-8-7-16(11-22(17)25)14-29-19-5-3-2-4-6-19/h7-11,13,19,26H,2-6,12,14H2,1H3,(H,27,28). The summed E-state index contributed by atoms with van der Waals surface area (Å²) in [4.78, 5) is 14.7. The van der Waals surface area contributed by atoms with Gasteiger partial charge in [-0.3, -0.25) is 0 Å². The number of nitrogens with one attached hydrogen (secondary N) is 1. The number of aromatic carboxylic acids is 1. The summed E-state index contributed by atoms with van der Waals surface area (Å²) in [7, 11) is 0. The van der Waals surface area contributed by atoms with Crippen molar-refractivity contribution in [1.82, 2.24) is 4.98 Å². The summed E-state index contributed by atoms with van der Waals surface area (Å²) < 4.78 is 6.06. The highest BCUT2D eigenvalue weighted by Crippen LogP contribution is 2.29. The summed E-state index contributed by atoms with van der Waals surface area (Å²) in [6.07, 6.45) is 7.18. The van der Waals surface area contributed by atoms with E-state index in [1.54, 1.807) is 12.1 Å². The van der Waals surface area contributed by atoms with Crippen LogP contribution in [0.1, 0.15) is 64.8 Å². The molecule has 0 bridgehead atoms. The third-order valence-electron chi connectivity index (χ3n) is 5.89. The first-order valence-corrected chi connectivity index (χ1v) is 10.6. The number of halogens is 1. The molecule has 4 rings (SSSR count). The van der Waals surface area contributed by atoms with E-state index < -0.39 is 5.97 Å². The van der Waals surface area contributed by atoms with Crippen LogP contribution in [-0.2, 0) is 17.8 Å². The lowest BCUT2D eigenvalue weighted by Gasteiger charge is -2.22. The fraction of sp³-hybridized carbons (Fsp3) is 0.375. The summed E-state index contributed by atoms with van der Waals surface area (Å²) in [5.41, 5.74) is 5.46. The van der Waals surface area contributed by atoms with Gasteiger partial charge in [0.1, 0.15) is 0 Å². The van der Waals surface area contributed by atoms with Gasteiger partial charge in [-0.05, 0) is 60.7 Å². The molecule has 3 aromatic rings. The number of aryl methyl sites for hydroxylation is 1. The van der Waals surface area contributed by atoms with Crippen molar-refractivity contribution < 1.29 is 14.6 Å². The van der Waals surface area contributed by atoms with Gasteiger partial charge in [-0.1, -0.05) is 43.0 Å². The van der Waals surface area contributed by atoms with E-state index in [1.165, 1.54) is 19.3 Å². The van der Waals surface area contributed by atoms with Crippen LogP contribution < -0.4 is 0 Å². The number of carboxylic acid groups (broad SMARTS) is 1. The minimum Gasteiger partial charge on any atom is -0.478 e. The summed E-state index contributed by atoms with van der Waals surface area (Å²) in [5, 5.41) is 11.0. The summed E-state index contributed by atoms with van der Waals surface area (Å²) in [6.45, 7) is 2.61. The largest absolute Gasteiger partial charge is 0.478 e. The molecule has 1 aliphatic rings. The quantitative estimate of drug-likeness (QED) is 0.502. The maximum atomic E-state index is 11.3. The molecule has 1 fully saturated rings. The Morgan fingerprint density at radius 1 is 1.17 bits per heavy atom. The van der Waals surface area contributed by atoms with Gasteiger partial charge in [0.15, 0.2) is 0 Å².